The molecule has 3 rings (SSSR count). The van der Waals surface area contributed by atoms with Crippen LogP contribution in [0.1, 0.15) is 109 Å². The Morgan fingerprint density at radius 2 is 0.833 bits per heavy atom. The first-order valence-corrected chi connectivity index (χ1v) is 18.1. The third kappa shape index (κ3) is 14.4. The first-order chi connectivity index (χ1) is 20.6. The van der Waals surface area contributed by atoms with Crippen molar-refractivity contribution in [2.45, 2.75) is 121 Å². The minimum atomic E-state index is -10.7. The van der Waals surface area contributed by atoms with E-state index < -0.39 is 7.81 Å². The van der Waals surface area contributed by atoms with E-state index in [1.165, 1.54) is 11.1 Å². The molecule has 0 aromatic rings. The van der Waals surface area contributed by atoms with E-state index in [2.05, 4.69) is 118 Å². The van der Waals surface area contributed by atoms with Gasteiger partial charge in [0, 0.05) is 63.8 Å². The number of rotatable bonds is 4. The summed E-state index contributed by atoms with van der Waals surface area (Å²) in [5, 5.41) is 7.25. The molecule has 0 saturated heterocycles. The molecule has 12 heteroatoms. The van der Waals surface area contributed by atoms with Crippen LogP contribution in [0.3, 0.4) is 0 Å². The zero-order chi connectivity index (χ0) is 36.7. The zero-order valence-corrected chi connectivity index (χ0v) is 32.4. The van der Waals surface area contributed by atoms with Crippen molar-refractivity contribution in [2.75, 3.05) is 0 Å². The van der Waals surface area contributed by atoms with E-state index in [1.807, 2.05) is 12.4 Å². The third-order valence-corrected chi connectivity index (χ3v) is 8.26. The summed E-state index contributed by atoms with van der Waals surface area (Å²) in [5.74, 6) is 0.203. The Hall–Kier alpha value is -2.09. The summed E-state index contributed by atoms with van der Waals surface area (Å²) in [6, 6.07) is 0.340. The smallest absolute Gasteiger partial charge is 0 e. The van der Waals surface area contributed by atoms with Crippen LogP contribution in [0.5, 0.6) is 0 Å². The summed E-state index contributed by atoms with van der Waals surface area (Å²) in [6.07, 6.45) is 16.5. The molecule has 4 nitrogen and oxygen atoms in total. The van der Waals surface area contributed by atoms with Gasteiger partial charge >= 0.3 is 33.0 Å². The van der Waals surface area contributed by atoms with Gasteiger partial charge in [0.05, 0.1) is 0 Å². The molecule has 0 spiro atoms. The van der Waals surface area contributed by atoms with E-state index in [0.29, 0.717) is 0 Å². The van der Waals surface area contributed by atoms with Crippen LogP contribution in [0.4, 0.5) is 25.2 Å². The Labute approximate surface area is 293 Å². The SMILES string of the molecule is CC(C)(C)C1=C/C(=C/N[C@@H]2CCCC[C@H]2N/C=C2/C=C(C(C)(C)C)C=C(C(C)(C)C)C2=O)C(=O)C(C(C)(C)C)=C1.F[P-](F)(F)(F)(F)F.[Mn]. The first-order valence-electron chi connectivity index (χ1n) is 16.1. The topological polar surface area (TPSA) is 58.2 Å². The van der Waals surface area contributed by atoms with Crippen molar-refractivity contribution in [1.82, 2.24) is 10.6 Å². The van der Waals surface area contributed by atoms with Crippen LogP contribution in [0.15, 0.2) is 70.1 Å². The van der Waals surface area contributed by atoms with Crippen molar-refractivity contribution in [3.63, 3.8) is 0 Å². The molecule has 1 saturated carbocycles. The van der Waals surface area contributed by atoms with Crippen LogP contribution in [0.2, 0.25) is 0 Å². The predicted octanol–water partition coefficient (Wildman–Crippen LogP) is 11.7. The normalized spacial score (nSPS) is 24.5. The van der Waals surface area contributed by atoms with Crippen molar-refractivity contribution in [3.8, 4) is 0 Å². The maximum atomic E-state index is 13.5. The van der Waals surface area contributed by atoms with Gasteiger partial charge in [-0.05, 0) is 57.8 Å². The Morgan fingerprint density at radius 1 is 0.562 bits per heavy atom. The number of allylic oxidation sites excluding steroid dienone is 10. The fraction of sp³-hybridized carbons (Fsp3) is 0.611. The van der Waals surface area contributed by atoms with E-state index in [9.17, 15) is 34.8 Å². The van der Waals surface area contributed by atoms with Crippen molar-refractivity contribution in [3.05, 3.63) is 70.1 Å². The van der Waals surface area contributed by atoms with E-state index in [4.69, 9.17) is 0 Å². The van der Waals surface area contributed by atoms with Crippen molar-refractivity contribution >= 4 is 19.4 Å². The molecule has 0 bridgehead atoms. The fourth-order valence-electron chi connectivity index (χ4n) is 5.42. The minimum Gasteiger partial charge on any atom is 0 e. The number of carbonyl (C=O) groups excluding carboxylic acids is 2. The van der Waals surface area contributed by atoms with E-state index in [1.54, 1.807) is 0 Å². The molecule has 0 unspecified atom stereocenters. The molecule has 48 heavy (non-hydrogen) atoms. The van der Waals surface area contributed by atoms with Crippen molar-refractivity contribution < 1.29 is 51.8 Å². The molecular formula is C36H54F6MnN2O2P-. The van der Waals surface area contributed by atoms with E-state index >= 15 is 0 Å². The predicted molar refractivity (Wildman–Crippen MR) is 182 cm³/mol. The molecular weight excluding hydrogens is 692 g/mol. The van der Waals surface area contributed by atoms with Crippen LogP contribution in [-0.2, 0) is 26.7 Å². The Bertz CT molecular complexity index is 1330. The maximum absolute atomic E-state index is 13.5. The molecule has 275 valence electrons. The second kappa shape index (κ2) is 13.9. The Balaban J connectivity index is 0.00000130. The quantitative estimate of drug-likeness (QED) is 0.130. The maximum Gasteiger partial charge on any atom is 0 e. The second-order valence-corrected chi connectivity index (χ2v) is 18.9. The fourth-order valence-corrected chi connectivity index (χ4v) is 5.42. The van der Waals surface area contributed by atoms with Crippen molar-refractivity contribution in [1.29, 1.82) is 0 Å². The van der Waals surface area contributed by atoms with Crippen LogP contribution in [0.25, 0.3) is 0 Å². The number of ketones is 2. The molecule has 2 N–H and O–H groups in total. The van der Waals surface area contributed by atoms with Gasteiger partial charge < -0.3 is 10.6 Å². The molecule has 0 aromatic carbocycles. The van der Waals surface area contributed by atoms with Crippen molar-refractivity contribution in [2.24, 2.45) is 21.7 Å². The van der Waals surface area contributed by atoms with Gasteiger partial charge in [0.1, 0.15) is 0 Å². The summed E-state index contributed by atoms with van der Waals surface area (Å²) in [4.78, 5) is 27.0. The monoisotopic (exact) mass is 746 g/mol. The first kappa shape index (κ1) is 43.9. The average molecular weight is 747 g/mol. The molecule has 0 aliphatic heterocycles. The third-order valence-electron chi connectivity index (χ3n) is 8.26. The largest absolute Gasteiger partial charge is 0 e. The van der Waals surface area contributed by atoms with Crippen LogP contribution in [0, 0.1) is 21.7 Å². The summed E-state index contributed by atoms with van der Waals surface area (Å²) < 4.78 is 59.2. The van der Waals surface area contributed by atoms with Gasteiger partial charge in [0.2, 0.25) is 0 Å². The van der Waals surface area contributed by atoms with Crippen LogP contribution in [-0.4, -0.2) is 23.7 Å². The molecule has 2 atom stereocenters. The van der Waals surface area contributed by atoms with Gasteiger partial charge in [-0.1, -0.05) is 108 Å². The number of hydrogen-bond donors (Lipinski definition) is 2. The second-order valence-electron chi connectivity index (χ2n) is 17.0. The minimum absolute atomic E-state index is 0. The Kier molecular flexibility index (Phi) is 12.7. The van der Waals surface area contributed by atoms with Crippen LogP contribution < -0.4 is 10.6 Å². The summed E-state index contributed by atoms with van der Waals surface area (Å²) >= 11 is 0. The number of nitrogens with one attached hydrogen (secondary N) is 2. The number of halogens is 6. The van der Waals surface area contributed by atoms with E-state index in [-0.39, 0.29) is 62.4 Å². The van der Waals surface area contributed by atoms with Gasteiger partial charge in [-0.15, -0.1) is 0 Å². The van der Waals surface area contributed by atoms with Gasteiger partial charge in [0.15, 0.2) is 11.6 Å². The molecule has 3 aliphatic rings. The molecule has 3 aliphatic carbocycles. The van der Waals surface area contributed by atoms with Gasteiger partial charge in [-0.2, -0.15) is 0 Å². The van der Waals surface area contributed by atoms with E-state index in [0.717, 1.165) is 48.0 Å². The molecule has 0 amide bonds. The van der Waals surface area contributed by atoms with Gasteiger partial charge in [-0.25, -0.2) is 0 Å². The number of hydrogen-bond acceptors (Lipinski definition) is 4. The zero-order valence-electron chi connectivity index (χ0n) is 30.4. The molecule has 1 fully saturated rings. The number of carbonyl (C=O) groups is 2. The summed E-state index contributed by atoms with van der Waals surface area (Å²) in [7, 11) is -10.7. The molecule has 0 aromatic heterocycles. The molecule has 0 heterocycles. The van der Waals surface area contributed by atoms with Gasteiger partial charge in [0.25, 0.3) is 0 Å². The Morgan fingerprint density at radius 3 is 1.06 bits per heavy atom. The van der Waals surface area contributed by atoms with Crippen LogP contribution >= 0.6 is 7.81 Å². The molecule has 1 radical (unpaired) electrons. The summed E-state index contributed by atoms with van der Waals surface area (Å²) in [6.45, 7) is 25.8. The summed E-state index contributed by atoms with van der Waals surface area (Å²) in [5.41, 5.74) is 4.95. The van der Waals surface area contributed by atoms with Gasteiger partial charge in [-0.3, -0.25) is 9.59 Å². The average Bonchev–Trinajstić information content (AvgIpc) is 2.83. The number of Topliss-reactive ketones (excluding diaryl/α,β-unsaturated/α-hetero) is 2. The standard InChI is InChI=1S/C36H54N2O2.F6P.Mn/c1-33(2,3)25-17-23(31(39)27(19-25)35(7,8)9)21-37-29-15-13-14-16-30(29)38-22-24-18-26(34(4,5)6)20-28(32(24)40)36(10,11)12;1-7(2,3,4,5)6;/h17-22,29-30,37-38H,13-16H2,1-12H3;;/q;-1;/b23-21-,24-22-;;/t29-,30-;;/m1../s1.